The third kappa shape index (κ3) is 4.11. The van der Waals surface area contributed by atoms with E-state index in [0.29, 0.717) is 0 Å². The van der Waals surface area contributed by atoms with E-state index in [9.17, 15) is 0 Å². The Hall–Kier alpha value is -0.860. The molecule has 1 nitrogen and oxygen atoms in total. The number of alkyl halides is 1. The molecule has 18 heavy (non-hydrogen) atoms. The van der Waals surface area contributed by atoms with Gasteiger partial charge in [-0.25, -0.2) is 0 Å². The number of hydrogen-bond acceptors (Lipinski definition) is 1. The van der Waals surface area contributed by atoms with E-state index >= 15 is 0 Å². The molecule has 0 aliphatic rings. The summed E-state index contributed by atoms with van der Waals surface area (Å²) in [6.07, 6.45) is 4.84. The minimum Gasteiger partial charge on any atom is -0.260 e. The molecule has 0 fully saturated rings. The second-order valence-corrected chi connectivity index (χ2v) is 5.68. The molecule has 94 valence electrons. The van der Waals surface area contributed by atoms with Crippen molar-refractivity contribution in [2.75, 3.05) is 0 Å². The van der Waals surface area contributed by atoms with Crippen molar-refractivity contribution >= 4 is 27.5 Å². The molecule has 0 aliphatic heterocycles. The van der Waals surface area contributed by atoms with Crippen LogP contribution in [0.5, 0.6) is 0 Å². The zero-order valence-electron chi connectivity index (χ0n) is 10.0. The van der Waals surface area contributed by atoms with Crippen LogP contribution in [0.3, 0.4) is 0 Å². The van der Waals surface area contributed by atoms with Gasteiger partial charge in [0.1, 0.15) is 0 Å². The topological polar surface area (TPSA) is 12.9 Å². The molecule has 1 atom stereocenters. The fraction of sp³-hybridized carbons (Fsp3) is 0.267. The Balaban J connectivity index is 1.80. The summed E-state index contributed by atoms with van der Waals surface area (Å²) in [5, 5.41) is 0.0987. The first-order chi connectivity index (χ1) is 8.75. The van der Waals surface area contributed by atoms with E-state index in [1.54, 1.807) is 0 Å². The van der Waals surface area contributed by atoms with Gasteiger partial charge in [-0.1, -0.05) is 30.3 Å². The summed E-state index contributed by atoms with van der Waals surface area (Å²) < 4.78 is 1.02. The molecule has 0 saturated heterocycles. The SMILES string of the molecule is ClC(CCCc1ccc(Br)cn1)c1ccccc1. The van der Waals surface area contributed by atoms with Crippen molar-refractivity contribution in [1.29, 1.82) is 0 Å². The standard InChI is InChI=1S/C15H15BrClN/c16-13-9-10-14(18-11-13)7-4-8-15(17)12-5-2-1-3-6-12/h1-3,5-6,9-11,15H,4,7-8H2. The van der Waals surface area contributed by atoms with Crippen LogP contribution in [-0.4, -0.2) is 4.98 Å². The van der Waals surface area contributed by atoms with Crippen molar-refractivity contribution in [3.05, 3.63) is 64.4 Å². The molecule has 2 aromatic rings. The van der Waals surface area contributed by atoms with Gasteiger partial charge in [0.05, 0.1) is 5.38 Å². The molecule has 0 spiro atoms. The van der Waals surface area contributed by atoms with Crippen LogP contribution in [0, 0.1) is 0 Å². The van der Waals surface area contributed by atoms with Gasteiger partial charge in [-0.05, 0) is 52.9 Å². The van der Waals surface area contributed by atoms with Gasteiger partial charge < -0.3 is 0 Å². The Bertz CT molecular complexity index is 470. The van der Waals surface area contributed by atoms with Crippen LogP contribution >= 0.6 is 27.5 Å². The first-order valence-electron chi connectivity index (χ1n) is 6.05. The highest BCUT2D eigenvalue weighted by Crippen LogP contribution is 2.25. The van der Waals surface area contributed by atoms with Crippen LogP contribution in [0.25, 0.3) is 0 Å². The minimum atomic E-state index is 0.0987. The molecule has 1 aromatic carbocycles. The Morgan fingerprint density at radius 2 is 1.89 bits per heavy atom. The highest BCUT2D eigenvalue weighted by molar-refractivity contribution is 9.10. The van der Waals surface area contributed by atoms with E-state index in [2.05, 4.69) is 39.1 Å². The highest BCUT2D eigenvalue weighted by atomic mass is 79.9. The fourth-order valence-corrected chi connectivity index (χ4v) is 2.38. The van der Waals surface area contributed by atoms with E-state index in [1.165, 1.54) is 5.56 Å². The van der Waals surface area contributed by atoms with Crippen LogP contribution in [-0.2, 0) is 6.42 Å². The molecule has 3 heteroatoms. The van der Waals surface area contributed by atoms with E-state index < -0.39 is 0 Å². The van der Waals surface area contributed by atoms with Crippen molar-refractivity contribution in [2.45, 2.75) is 24.6 Å². The van der Waals surface area contributed by atoms with Crippen molar-refractivity contribution in [2.24, 2.45) is 0 Å². The highest BCUT2D eigenvalue weighted by Gasteiger charge is 2.07. The summed E-state index contributed by atoms with van der Waals surface area (Å²) in [5.41, 5.74) is 2.32. The summed E-state index contributed by atoms with van der Waals surface area (Å²) in [6.45, 7) is 0. The molecule has 1 unspecified atom stereocenters. The summed E-state index contributed by atoms with van der Waals surface area (Å²) in [5.74, 6) is 0. The van der Waals surface area contributed by atoms with Crippen LogP contribution < -0.4 is 0 Å². The van der Waals surface area contributed by atoms with Gasteiger partial charge in [-0.3, -0.25) is 4.98 Å². The smallest absolute Gasteiger partial charge is 0.0585 e. The molecule has 1 aromatic heterocycles. The Morgan fingerprint density at radius 3 is 2.56 bits per heavy atom. The Morgan fingerprint density at radius 1 is 1.11 bits per heavy atom. The summed E-state index contributed by atoms with van der Waals surface area (Å²) in [4.78, 5) is 4.36. The monoisotopic (exact) mass is 323 g/mol. The van der Waals surface area contributed by atoms with Gasteiger partial charge in [0, 0.05) is 16.4 Å². The van der Waals surface area contributed by atoms with Gasteiger partial charge in [0.25, 0.3) is 0 Å². The average molecular weight is 325 g/mol. The molecule has 0 N–H and O–H groups in total. The first-order valence-corrected chi connectivity index (χ1v) is 7.28. The zero-order chi connectivity index (χ0) is 12.8. The predicted octanol–water partition coefficient (Wildman–Crippen LogP) is 5.15. The largest absolute Gasteiger partial charge is 0.260 e. The van der Waals surface area contributed by atoms with Crippen molar-refractivity contribution in [3.8, 4) is 0 Å². The van der Waals surface area contributed by atoms with E-state index in [1.807, 2.05) is 30.5 Å². The Kier molecular flexibility index (Phi) is 5.21. The average Bonchev–Trinajstić information content (AvgIpc) is 2.42. The number of rotatable bonds is 5. The van der Waals surface area contributed by atoms with Gasteiger partial charge in [-0.2, -0.15) is 0 Å². The molecule has 0 aliphatic carbocycles. The summed E-state index contributed by atoms with van der Waals surface area (Å²) in [7, 11) is 0. The summed E-state index contributed by atoms with van der Waals surface area (Å²) >= 11 is 9.75. The predicted molar refractivity (Wildman–Crippen MR) is 79.9 cm³/mol. The normalized spacial score (nSPS) is 12.3. The number of hydrogen-bond donors (Lipinski definition) is 0. The lowest BCUT2D eigenvalue weighted by atomic mass is 10.1. The molecule has 2 rings (SSSR count). The molecule has 1 heterocycles. The van der Waals surface area contributed by atoms with Crippen molar-refractivity contribution < 1.29 is 0 Å². The maximum atomic E-state index is 6.37. The van der Waals surface area contributed by atoms with Crippen LogP contribution in [0.2, 0.25) is 0 Å². The van der Waals surface area contributed by atoms with Gasteiger partial charge >= 0.3 is 0 Å². The molecule has 0 radical (unpaired) electrons. The second kappa shape index (κ2) is 6.91. The molecular formula is C15H15BrClN. The minimum absolute atomic E-state index is 0.0987. The lowest BCUT2D eigenvalue weighted by Gasteiger charge is -2.09. The number of pyridine rings is 1. The second-order valence-electron chi connectivity index (χ2n) is 4.24. The summed E-state index contributed by atoms with van der Waals surface area (Å²) in [6, 6.07) is 14.3. The third-order valence-corrected chi connectivity index (χ3v) is 3.78. The molecule has 0 saturated carbocycles. The van der Waals surface area contributed by atoms with Gasteiger partial charge in [0.2, 0.25) is 0 Å². The maximum Gasteiger partial charge on any atom is 0.0585 e. The van der Waals surface area contributed by atoms with E-state index in [0.717, 1.165) is 29.4 Å². The van der Waals surface area contributed by atoms with Crippen molar-refractivity contribution in [3.63, 3.8) is 0 Å². The maximum absolute atomic E-state index is 6.37. The molecular weight excluding hydrogens is 310 g/mol. The fourth-order valence-electron chi connectivity index (χ4n) is 1.85. The van der Waals surface area contributed by atoms with Crippen molar-refractivity contribution in [1.82, 2.24) is 4.98 Å². The Labute approximate surface area is 121 Å². The van der Waals surface area contributed by atoms with Gasteiger partial charge in [-0.15, -0.1) is 11.6 Å². The number of nitrogens with zero attached hydrogens (tertiary/aromatic N) is 1. The zero-order valence-corrected chi connectivity index (χ0v) is 12.4. The molecule has 0 bridgehead atoms. The quantitative estimate of drug-likeness (QED) is 0.693. The third-order valence-electron chi connectivity index (χ3n) is 2.84. The van der Waals surface area contributed by atoms with E-state index in [-0.39, 0.29) is 5.38 Å². The van der Waals surface area contributed by atoms with Gasteiger partial charge in [0.15, 0.2) is 0 Å². The number of halogens is 2. The lowest BCUT2D eigenvalue weighted by molar-refractivity contribution is 0.706. The number of aryl methyl sites for hydroxylation is 1. The van der Waals surface area contributed by atoms with Crippen LogP contribution in [0.15, 0.2) is 53.1 Å². The number of aromatic nitrogens is 1. The molecule has 0 amide bonds. The first kappa shape index (κ1) is 13.6. The van der Waals surface area contributed by atoms with Crippen LogP contribution in [0.4, 0.5) is 0 Å². The van der Waals surface area contributed by atoms with Crippen LogP contribution in [0.1, 0.15) is 29.5 Å². The number of benzene rings is 1. The van der Waals surface area contributed by atoms with E-state index in [4.69, 9.17) is 11.6 Å². The lowest BCUT2D eigenvalue weighted by Crippen LogP contribution is -1.94.